The summed E-state index contributed by atoms with van der Waals surface area (Å²) in [5, 5.41) is 10.4. The zero-order valence-electron chi connectivity index (χ0n) is 9.85. The lowest BCUT2D eigenvalue weighted by Crippen LogP contribution is -2.38. The minimum atomic E-state index is -1.34. The highest BCUT2D eigenvalue weighted by molar-refractivity contribution is 6.83. The van der Waals surface area contributed by atoms with Gasteiger partial charge in [0.15, 0.2) is 0 Å². The Morgan fingerprint density at radius 1 is 1.29 bits per heavy atom. The Morgan fingerprint density at radius 3 is 2.43 bits per heavy atom. The van der Waals surface area contributed by atoms with Crippen molar-refractivity contribution in [3.63, 3.8) is 0 Å². The SMILES string of the molecule is C[C@@H]1CCCC[C@@]1(O)C#C[Si](C)(C)C. The number of rotatable bonds is 0. The maximum absolute atomic E-state index is 10.4. The van der Waals surface area contributed by atoms with E-state index in [1.54, 1.807) is 0 Å². The van der Waals surface area contributed by atoms with E-state index in [0.29, 0.717) is 5.92 Å². The summed E-state index contributed by atoms with van der Waals surface area (Å²) in [7, 11) is -1.34. The summed E-state index contributed by atoms with van der Waals surface area (Å²) >= 11 is 0. The highest BCUT2D eigenvalue weighted by atomic mass is 28.3. The molecule has 0 unspecified atom stereocenters. The van der Waals surface area contributed by atoms with Gasteiger partial charge in [0.05, 0.1) is 0 Å². The first kappa shape index (κ1) is 11.8. The van der Waals surface area contributed by atoms with E-state index in [-0.39, 0.29) is 0 Å². The predicted molar refractivity (Wildman–Crippen MR) is 63.7 cm³/mol. The molecular formula is C12H22OSi. The van der Waals surface area contributed by atoms with Gasteiger partial charge in [-0.2, -0.15) is 0 Å². The molecule has 1 fully saturated rings. The maximum Gasteiger partial charge on any atom is 0.129 e. The van der Waals surface area contributed by atoms with Crippen LogP contribution in [0, 0.1) is 17.4 Å². The molecule has 1 nitrogen and oxygen atoms in total. The van der Waals surface area contributed by atoms with Crippen LogP contribution in [0.5, 0.6) is 0 Å². The van der Waals surface area contributed by atoms with Gasteiger partial charge in [0.1, 0.15) is 13.7 Å². The Morgan fingerprint density at radius 2 is 1.93 bits per heavy atom. The Hall–Kier alpha value is -0.263. The first-order valence-electron chi connectivity index (χ1n) is 5.60. The van der Waals surface area contributed by atoms with Gasteiger partial charge in [-0.25, -0.2) is 0 Å². The Kier molecular flexibility index (Phi) is 3.44. The van der Waals surface area contributed by atoms with E-state index in [4.69, 9.17) is 0 Å². The van der Waals surface area contributed by atoms with E-state index in [2.05, 4.69) is 38.0 Å². The second-order valence-corrected chi connectivity index (χ2v) is 10.3. The molecule has 2 atom stereocenters. The molecule has 0 aromatic carbocycles. The molecule has 0 amide bonds. The molecule has 1 N–H and O–H groups in total. The molecule has 1 saturated carbocycles. The second-order valence-electron chi connectivity index (χ2n) is 5.57. The van der Waals surface area contributed by atoms with Gasteiger partial charge in [-0.3, -0.25) is 0 Å². The molecular weight excluding hydrogens is 188 g/mol. The monoisotopic (exact) mass is 210 g/mol. The largest absolute Gasteiger partial charge is 0.377 e. The molecule has 1 aliphatic rings. The molecule has 1 aliphatic carbocycles. The average molecular weight is 210 g/mol. The molecule has 0 aliphatic heterocycles. The molecule has 0 bridgehead atoms. The third-order valence-corrected chi connectivity index (χ3v) is 3.79. The third-order valence-electron chi connectivity index (χ3n) is 2.91. The van der Waals surface area contributed by atoms with Crippen molar-refractivity contribution < 1.29 is 5.11 Å². The first-order valence-corrected chi connectivity index (χ1v) is 9.10. The molecule has 0 heterocycles. The van der Waals surface area contributed by atoms with Crippen LogP contribution in [0.15, 0.2) is 0 Å². The molecule has 0 aromatic heterocycles. The average Bonchev–Trinajstić information content (AvgIpc) is 2.06. The molecule has 1 rings (SSSR count). The molecule has 0 radical (unpaired) electrons. The van der Waals surface area contributed by atoms with Crippen LogP contribution in [0.25, 0.3) is 0 Å². The summed E-state index contributed by atoms with van der Waals surface area (Å²) in [6.45, 7) is 8.78. The van der Waals surface area contributed by atoms with E-state index < -0.39 is 13.7 Å². The van der Waals surface area contributed by atoms with Gasteiger partial charge in [0.25, 0.3) is 0 Å². The van der Waals surface area contributed by atoms with Crippen molar-refractivity contribution in [2.24, 2.45) is 5.92 Å². The molecule has 80 valence electrons. The lowest BCUT2D eigenvalue weighted by Gasteiger charge is -2.34. The minimum Gasteiger partial charge on any atom is -0.377 e. The highest BCUT2D eigenvalue weighted by Gasteiger charge is 2.34. The summed E-state index contributed by atoms with van der Waals surface area (Å²) in [5.74, 6) is 3.50. The van der Waals surface area contributed by atoms with Gasteiger partial charge in [-0.15, -0.1) is 5.54 Å². The molecule has 14 heavy (non-hydrogen) atoms. The van der Waals surface area contributed by atoms with Crippen LogP contribution in [0.2, 0.25) is 19.6 Å². The van der Waals surface area contributed by atoms with E-state index in [1.165, 1.54) is 6.42 Å². The van der Waals surface area contributed by atoms with Gasteiger partial charge in [-0.05, 0) is 25.2 Å². The quantitative estimate of drug-likeness (QED) is 0.481. The van der Waals surface area contributed by atoms with Crippen LogP contribution in [0.3, 0.4) is 0 Å². The van der Waals surface area contributed by atoms with Gasteiger partial charge in [0, 0.05) is 0 Å². The van der Waals surface area contributed by atoms with Crippen molar-refractivity contribution >= 4 is 8.07 Å². The Labute approximate surface area is 88.9 Å². The van der Waals surface area contributed by atoms with Gasteiger partial charge < -0.3 is 5.11 Å². The fourth-order valence-electron chi connectivity index (χ4n) is 1.81. The topological polar surface area (TPSA) is 20.2 Å². The van der Waals surface area contributed by atoms with Crippen molar-refractivity contribution in [1.29, 1.82) is 0 Å². The summed E-state index contributed by atoms with van der Waals surface area (Å²) < 4.78 is 0. The number of aliphatic hydroxyl groups is 1. The summed E-state index contributed by atoms with van der Waals surface area (Å²) in [4.78, 5) is 0. The van der Waals surface area contributed by atoms with Crippen LogP contribution < -0.4 is 0 Å². The van der Waals surface area contributed by atoms with Crippen LogP contribution >= 0.6 is 0 Å². The predicted octanol–water partition coefficient (Wildman–Crippen LogP) is 2.81. The lowest BCUT2D eigenvalue weighted by molar-refractivity contribution is 0.0127. The van der Waals surface area contributed by atoms with Crippen LogP contribution in [-0.2, 0) is 0 Å². The van der Waals surface area contributed by atoms with Gasteiger partial charge in [-0.1, -0.05) is 38.9 Å². The summed E-state index contributed by atoms with van der Waals surface area (Å²) in [6, 6.07) is 0. The van der Waals surface area contributed by atoms with E-state index in [0.717, 1.165) is 19.3 Å². The standard InChI is InChI=1S/C12H22OSi/c1-11-7-5-6-8-12(11,13)9-10-14(2,3)4/h11,13H,5-8H2,1-4H3/t11-,12-/m1/s1. The number of hydrogen-bond acceptors (Lipinski definition) is 1. The Bertz CT molecular complexity index is 256. The zero-order chi connectivity index (χ0) is 10.8. The van der Waals surface area contributed by atoms with Crippen molar-refractivity contribution in [2.45, 2.75) is 57.8 Å². The van der Waals surface area contributed by atoms with Crippen molar-refractivity contribution in [2.75, 3.05) is 0 Å². The smallest absolute Gasteiger partial charge is 0.129 e. The van der Waals surface area contributed by atoms with Crippen LogP contribution in [0.1, 0.15) is 32.6 Å². The number of hydrogen-bond donors (Lipinski definition) is 1. The highest BCUT2D eigenvalue weighted by Crippen LogP contribution is 2.32. The second kappa shape index (κ2) is 4.08. The van der Waals surface area contributed by atoms with Crippen molar-refractivity contribution in [3.8, 4) is 11.5 Å². The summed E-state index contributed by atoms with van der Waals surface area (Å²) in [6.07, 6.45) is 4.36. The van der Waals surface area contributed by atoms with Gasteiger partial charge in [0.2, 0.25) is 0 Å². The fourth-order valence-corrected chi connectivity index (χ4v) is 2.40. The third kappa shape index (κ3) is 3.15. The van der Waals surface area contributed by atoms with Crippen LogP contribution in [0.4, 0.5) is 0 Å². The Balaban J connectivity index is 2.76. The van der Waals surface area contributed by atoms with E-state index >= 15 is 0 Å². The molecule has 0 saturated heterocycles. The maximum atomic E-state index is 10.4. The molecule has 2 heteroatoms. The molecule has 0 aromatic rings. The molecule has 0 spiro atoms. The van der Waals surface area contributed by atoms with Crippen LogP contribution in [-0.4, -0.2) is 18.8 Å². The lowest BCUT2D eigenvalue weighted by atomic mass is 9.77. The summed E-state index contributed by atoms with van der Waals surface area (Å²) in [5.41, 5.74) is 2.62. The zero-order valence-corrected chi connectivity index (χ0v) is 10.9. The minimum absolute atomic E-state index is 0.347. The van der Waals surface area contributed by atoms with E-state index in [1.807, 2.05) is 0 Å². The normalized spacial score (nSPS) is 33.4. The van der Waals surface area contributed by atoms with Crippen molar-refractivity contribution in [1.82, 2.24) is 0 Å². The van der Waals surface area contributed by atoms with Crippen molar-refractivity contribution in [3.05, 3.63) is 0 Å². The van der Waals surface area contributed by atoms with Gasteiger partial charge >= 0.3 is 0 Å². The first-order chi connectivity index (χ1) is 6.33. The fraction of sp³-hybridized carbons (Fsp3) is 0.833. The van der Waals surface area contributed by atoms with E-state index in [9.17, 15) is 5.11 Å².